The number of nitrogens with one attached hydrogen (secondary N) is 1. The third kappa shape index (κ3) is 3.86. The van der Waals surface area contributed by atoms with E-state index in [0.29, 0.717) is 11.0 Å². The van der Waals surface area contributed by atoms with E-state index in [0.717, 1.165) is 38.3 Å². The smallest absolute Gasteiger partial charge is 0.246 e. The molecule has 0 spiro atoms. The maximum Gasteiger partial charge on any atom is 0.246 e. The molecule has 142 valence electrons. The van der Waals surface area contributed by atoms with Crippen LogP contribution in [0.15, 0.2) is 24.3 Å². The Kier molecular flexibility index (Phi) is 5.53. The van der Waals surface area contributed by atoms with Crippen molar-refractivity contribution in [1.82, 2.24) is 15.1 Å². The number of rotatable bonds is 2. The molecule has 1 aromatic rings. The van der Waals surface area contributed by atoms with Gasteiger partial charge in [-0.1, -0.05) is 25.1 Å². The van der Waals surface area contributed by atoms with Gasteiger partial charge in [-0.05, 0) is 57.1 Å². The molecular weight excluding hydrogens is 344 g/mol. The predicted octanol–water partition coefficient (Wildman–Crippen LogP) is 2.43. The number of para-hydroxylation sites is 1. The molecular formula is C20H30N4OS. The first-order chi connectivity index (χ1) is 12.3. The minimum Gasteiger partial charge on any atom is -0.353 e. The molecule has 1 fully saturated rings. The van der Waals surface area contributed by atoms with Gasteiger partial charge in [-0.3, -0.25) is 4.79 Å². The Labute approximate surface area is 162 Å². The Balaban J connectivity index is 1.69. The minimum absolute atomic E-state index is 0.0748. The molecule has 1 atom stereocenters. The zero-order chi connectivity index (χ0) is 18.9. The van der Waals surface area contributed by atoms with Crippen LogP contribution < -0.4 is 10.2 Å². The summed E-state index contributed by atoms with van der Waals surface area (Å²) in [5.41, 5.74) is 2.08. The first-order valence-electron chi connectivity index (χ1n) is 9.43. The van der Waals surface area contributed by atoms with Crippen molar-refractivity contribution in [2.24, 2.45) is 0 Å². The van der Waals surface area contributed by atoms with Crippen molar-refractivity contribution in [3.05, 3.63) is 29.8 Å². The Hall–Kier alpha value is -1.66. The molecule has 2 aliphatic rings. The number of carbonyl (C=O) groups is 1. The maximum absolute atomic E-state index is 13.1. The fourth-order valence-corrected chi connectivity index (χ4v) is 4.46. The summed E-state index contributed by atoms with van der Waals surface area (Å²) in [7, 11) is 2.12. The molecule has 2 heterocycles. The van der Waals surface area contributed by atoms with Gasteiger partial charge in [0, 0.05) is 37.4 Å². The number of likely N-dealkylation sites (N-methyl/N-ethyl adjacent to an activating group) is 1. The lowest BCUT2D eigenvalue weighted by Crippen LogP contribution is -2.56. The highest BCUT2D eigenvalue weighted by Crippen LogP contribution is 2.43. The van der Waals surface area contributed by atoms with Gasteiger partial charge in [-0.2, -0.15) is 0 Å². The SMILES string of the molecule is C[C@H]1CC(C)(C)N(C(=O)CNC(=S)N2CCN(C)CC2)c2ccccc21. The summed E-state index contributed by atoms with van der Waals surface area (Å²) < 4.78 is 0. The van der Waals surface area contributed by atoms with Crippen LogP contribution in [0.5, 0.6) is 0 Å². The molecule has 0 bridgehead atoms. The van der Waals surface area contributed by atoms with Gasteiger partial charge in [-0.15, -0.1) is 0 Å². The quantitative estimate of drug-likeness (QED) is 0.805. The fraction of sp³-hybridized carbons (Fsp3) is 0.600. The van der Waals surface area contributed by atoms with Crippen molar-refractivity contribution in [2.75, 3.05) is 44.7 Å². The van der Waals surface area contributed by atoms with Crippen LogP contribution in [0, 0.1) is 0 Å². The van der Waals surface area contributed by atoms with Crippen molar-refractivity contribution in [2.45, 2.75) is 38.6 Å². The van der Waals surface area contributed by atoms with E-state index in [1.54, 1.807) is 0 Å². The number of amides is 1. The van der Waals surface area contributed by atoms with Gasteiger partial charge in [0.2, 0.25) is 5.91 Å². The largest absolute Gasteiger partial charge is 0.353 e. The molecule has 2 aliphatic heterocycles. The molecule has 0 aromatic heterocycles. The number of carbonyl (C=O) groups excluding carboxylic acids is 1. The van der Waals surface area contributed by atoms with Gasteiger partial charge in [-0.25, -0.2) is 0 Å². The van der Waals surface area contributed by atoms with Gasteiger partial charge < -0.3 is 20.0 Å². The van der Waals surface area contributed by atoms with E-state index in [2.05, 4.69) is 61.1 Å². The van der Waals surface area contributed by atoms with E-state index >= 15 is 0 Å². The fourth-order valence-electron chi connectivity index (χ4n) is 4.21. The zero-order valence-corrected chi connectivity index (χ0v) is 17.1. The average Bonchev–Trinajstić information content (AvgIpc) is 2.59. The van der Waals surface area contributed by atoms with Gasteiger partial charge in [0.05, 0.1) is 6.54 Å². The Bertz CT molecular complexity index is 682. The van der Waals surface area contributed by atoms with E-state index < -0.39 is 0 Å². The number of anilines is 1. The van der Waals surface area contributed by atoms with E-state index in [9.17, 15) is 4.79 Å². The summed E-state index contributed by atoms with van der Waals surface area (Å²) in [6.45, 7) is 10.6. The van der Waals surface area contributed by atoms with Crippen molar-refractivity contribution in [1.29, 1.82) is 0 Å². The topological polar surface area (TPSA) is 38.8 Å². The number of benzene rings is 1. The van der Waals surface area contributed by atoms with E-state index in [1.165, 1.54) is 5.56 Å². The summed E-state index contributed by atoms with van der Waals surface area (Å²) >= 11 is 5.51. The lowest BCUT2D eigenvalue weighted by molar-refractivity contribution is -0.118. The molecule has 1 saturated heterocycles. The summed E-state index contributed by atoms with van der Waals surface area (Å²) in [6.07, 6.45) is 0.957. The van der Waals surface area contributed by atoms with Crippen LogP contribution in [0.25, 0.3) is 0 Å². The highest BCUT2D eigenvalue weighted by atomic mass is 32.1. The highest BCUT2D eigenvalue weighted by Gasteiger charge is 2.39. The molecule has 0 radical (unpaired) electrons. The number of thiocarbonyl (C=S) groups is 1. The Morgan fingerprint density at radius 3 is 2.58 bits per heavy atom. The lowest BCUT2D eigenvalue weighted by atomic mass is 9.80. The second kappa shape index (κ2) is 7.53. The first-order valence-corrected chi connectivity index (χ1v) is 9.84. The molecule has 0 unspecified atom stereocenters. The number of piperazine rings is 1. The van der Waals surface area contributed by atoms with E-state index in [4.69, 9.17) is 12.2 Å². The normalized spacial score (nSPS) is 22.7. The number of hydrogen-bond acceptors (Lipinski definition) is 3. The van der Waals surface area contributed by atoms with Crippen LogP contribution in [0.3, 0.4) is 0 Å². The lowest BCUT2D eigenvalue weighted by Gasteiger charge is -2.46. The molecule has 0 saturated carbocycles. The van der Waals surface area contributed by atoms with Gasteiger partial charge in [0.1, 0.15) is 0 Å². The van der Waals surface area contributed by atoms with Crippen LogP contribution in [-0.2, 0) is 4.79 Å². The van der Waals surface area contributed by atoms with Crippen LogP contribution in [0.4, 0.5) is 5.69 Å². The monoisotopic (exact) mass is 374 g/mol. The van der Waals surface area contributed by atoms with Crippen molar-refractivity contribution in [3.63, 3.8) is 0 Å². The zero-order valence-electron chi connectivity index (χ0n) is 16.3. The molecule has 3 rings (SSSR count). The van der Waals surface area contributed by atoms with Gasteiger partial charge >= 0.3 is 0 Å². The van der Waals surface area contributed by atoms with Crippen molar-refractivity contribution >= 4 is 28.9 Å². The summed E-state index contributed by atoms with van der Waals surface area (Å²) in [6, 6.07) is 8.26. The van der Waals surface area contributed by atoms with E-state index in [1.807, 2.05) is 11.0 Å². The van der Waals surface area contributed by atoms with Crippen molar-refractivity contribution < 1.29 is 4.79 Å². The van der Waals surface area contributed by atoms with E-state index in [-0.39, 0.29) is 18.0 Å². The molecule has 1 N–H and O–H groups in total. The van der Waals surface area contributed by atoms with Crippen LogP contribution in [-0.4, -0.2) is 66.1 Å². The van der Waals surface area contributed by atoms with Crippen LogP contribution in [0.1, 0.15) is 38.7 Å². The predicted molar refractivity (Wildman–Crippen MR) is 111 cm³/mol. The Morgan fingerprint density at radius 1 is 1.23 bits per heavy atom. The molecule has 26 heavy (non-hydrogen) atoms. The molecule has 0 aliphatic carbocycles. The molecule has 5 nitrogen and oxygen atoms in total. The van der Waals surface area contributed by atoms with Gasteiger partial charge in [0.25, 0.3) is 0 Å². The van der Waals surface area contributed by atoms with Gasteiger partial charge in [0.15, 0.2) is 5.11 Å². The van der Waals surface area contributed by atoms with Crippen LogP contribution in [0.2, 0.25) is 0 Å². The molecule has 6 heteroatoms. The standard InChI is InChI=1S/C20H30N4OS/c1-15-13-20(2,3)24(17-8-6-5-7-16(15)17)18(25)14-21-19(26)23-11-9-22(4)10-12-23/h5-8,15H,9-14H2,1-4H3,(H,21,26)/t15-/m0/s1. The summed E-state index contributed by atoms with van der Waals surface area (Å²) in [5.74, 6) is 0.524. The average molecular weight is 375 g/mol. The maximum atomic E-state index is 13.1. The minimum atomic E-state index is -0.206. The summed E-state index contributed by atoms with van der Waals surface area (Å²) in [5, 5.41) is 3.87. The second-order valence-electron chi connectivity index (χ2n) is 8.15. The third-order valence-electron chi connectivity index (χ3n) is 5.55. The highest BCUT2D eigenvalue weighted by molar-refractivity contribution is 7.80. The summed E-state index contributed by atoms with van der Waals surface area (Å²) in [4.78, 5) is 19.5. The number of hydrogen-bond donors (Lipinski definition) is 1. The first kappa shape index (κ1) is 19.1. The third-order valence-corrected chi connectivity index (χ3v) is 5.95. The number of fused-ring (bicyclic) bond motifs is 1. The van der Waals surface area contributed by atoms with Crippen molar-refractivity contribution in [3.8, 4) is 0 Å². The second-order valence-corrected chi connectivity index (χ2v) is 8.54. The molecule has 1 amide bonds. The number of nitrogens with zero attached hydrogens (tertiary/aromatic N) is 3. The molecule has 1 aromatic carbocycles. The van der Waals surface area contributed by atoms with Crippen LogP contribution >= 0.6 is 12.2 Å². The Morgan fingerprint density at radius 2 is 1.88 bits per heavy atom.